The molecule has 1 unspecified atom stereocenters. The molecule has 1 aromatic heterocycles. The Morgan fingerprint density at radius 3 is 2.92 bits per heavy atom. The summed E-state index contributed by atoms with van der Waals surface area (Å²) in [4.78, 5) is 9.26. The predicted molar refractivity (Wildman–Crippen MR) is 108 cm³/mol. The first-order valence-electron chi connectivity index (χ1n) is 9.20. The first-order valence-corrected chi connectivity index (χ1v) is 10.1. The Hall–Kier alpha value is -2.08. The quantitative estimate of drug-likeness (QED) is 0.618. The SMILES string of the molecule is CCNC(=NCCc1csc(C)n1)NC1CC(C)(C)Oc2ccccc21. The minimum Gasteiger partial charge on any atom is -0.487 e. The van der Waals surface area contributed by atoms with Gasteiger partial charge in [-0.05, 0) is 33.8 Å². The number of hydrogen-bond donors (Lipinski definition) is 2. The second-order valence-corrected chi connectivity index (χ2v) is 8.23. The van der Waals surface area contributed by atoms with Gasteiger partial charge >= 0.3 is 0 Å². The van der Waals surface area contributed by atoms with Gasteiger partial charge in [-0.3, -0.25) is 4.99 Å². The molecule has 1 aliphatic heterocycles. The second kappa shape index (κ2) is 8.08. The van der Waals surface area contributed by atoms with Gasteiger partial charge in [-0.2, -0.15) is 0 Å². The lowest BCUT2D eigenvalue weighted by molar-refractivity contribution is 0.0694. The Bertz CT molecular complexity index is 769. The van der Waals surface area contributed by atoms with Crippen LogP contribution in [0.5, 0.6) is 5.75 Å². The summed E-state index contributed by atoms with van der Waals surface area (Å²) < 4.78 is 6.12. The molecule has 0 bridgehead atoms. The molecule has 26 heavy (non-hydrogen) atoms. The summed E-state index contributed by atoms with van der Waals surface area (Å²) in [5.74, 6) is 1.80. The molecule has 5 nitrogen and oxygen atoms in total. The van der Waals surface area contributed by atoms with Crippen LogP contribution >= 0.6 is 11.3 Å². The number of aliphatic imine (C=N–C) groups is 1. The zero-order valence-electron chi connectivity index (χ0n) is 16.0. The minimum absolute atomic E-state index is 0.175. The van der Waals surface area contributed by atoms with Crippen LogP contribution in [0.1, 0.15) is 49.5 Å². The van der Waals surface area contributed by atoms with Crippen LogP contribution in [0, 0.1) is 6.92 Å². The lowest BCUT2D eigenvalue weighted by Crippen LogP contribution is -2.45. The Balaban J connectivity index is 1.71. The molecule has 0 saturated heterocycles. The van der Waals surface area contributed by atoms with Gasteiger partial charge in [-0.25, -0.2) is 4.98 Å². The highest BCUT2D eigenvalue weighted by molar-refractivity contribution is 7.09. The molecule has 0 spiro atoms. The molecular weight excluding hydrogens is 344 g/mol. The number of benzene rings is 1. The van der Waals surface area contributed by atoms with E-state index in [4.69, 9.17) is 9.73 Å². The summed E-state index contributed by atoms with van der Waals surface area (Å²) >= 11 is 1.69. The summed E-state index contributed by atoms with van der Waals surface area (Å²) in [7, 11) is 0. The number of nitrogens with one attached hydrogen (secondary N) is 2. The number of aromatic nitrogens is 1. The van der Waals surface area contributed by atoms with E-state index in [2.05, 4.69) is 53.9 Å². The number of aryl methyl sites for hydroxylation is 1. The van der Waals surface area contributed by atoms with Crippen LogP contribution in [0.2, 0.25) is 0 Å². The van der Waals surface area contributed by atoms with E-state index in [1.807, 2.05) is 19.1 Å². The fourth-order valence-electron chi connectivity index (χ4n) is 3.22. The Morgan fingerprint density at radius 1 is 1.38 bits per heavy atom. The van der Waals surface area contributed by atoms with Gasteiger partial charge in [-0.15, -0.1) is 11.3 Å². The predicted octanol–water partition coefficient (Wildman–Crippen LogP) is 3.85. The molecule has 0 radical (unpaired) electrons. The van der Waals surface area contributed by atoms with Crippen molar-refractivity contribution in [1.29, 1.82) is 0 Å². The highest BCUT2D eigenvalue weighted by atomic mass is 32.1. The molecule has 1 aromatic carbocycles. The Morgan fingerprint density at radius 2 is 2.19 bits per heavy atom. The molecule has 2 N–H and O–H groups in total. The van der Waals surface area contributed by atoms with Crippen molar-refractivity contribution in [3.8, 4) is 5.75 Å². The van der Waals surface area contributed by atoms with Crippen molar-refractivity contribution in [3.05, 3.63) is 45.9 Å². The number of guanidine groups is 1. The molecule has 140 valence electrons. The van der Waals surface area contributed by atoms with Gasteiger partial charge in [0.1, 0.15) is 11.4 Å². The molecule has 2 heterocycles. The summed E-state index contributed by atoms with van der Waals surface area (Å²) in [6.45, 7) is 9.93. The molecule has 2 aromatic rings. The van der Waals surface area contributed by atoms with Crippen molar-refractivity contribution in [2.24, 2.45) is 4.99 Å². The van der Waals surface area contributed by atoms with Gasteiger partial charge < -0.3 is 15.4 Å². The third-order valence-corrected chi connectivity index (χ3v) is 5.16. The van der Waals surface area contributed by atoms with E-state index in [0.717, 1.165) is 41.8 Å². The third kappa shape index (κ3) is 4.75. The summed E-state index contributed by atoms with van der Waals surface area (Å²) in [5, 5.41) is 10.2. The van der Waals surface area contributed by atoms with Crippen LogP contribution in [-0.2, 0) is 6.42 Å². The molecule has 1 aliphatic rings. The van der Waals surface area contributed by atoms with Crippen molar-refractivity contribution >= 4 is 17.3 Å². The van der Waals surface area contributed by atoms with Gasteiger partial charge in [0.05, 0.1) is 16.7 Å². The van der Waals surface area contributed by atoms with Crippen molar-refractivity contribution in [2.75, 3.05) is 13.1 Å². The van der Waals surface area contributed by atoms with Gasteiger partial charge in [0.2, 0.25) is 0 Å². The van der Waals surface area contributed by atoms with Crippen molar-refractivity contribution < 1.29 is 4.74 Å². The maximum atomic E-state index is 6.12. The fourth-order valence-corrected chi connectivity index (χ4v) is 3.87. The number of nitrogens with zero attached hydrogens (tertiary/aromatic N) is 2. The molecule has 0 aliphatic carbocycles. The van der Waals surface area contributed by atoms with E-state index < -0.39 is 0 Å². The van der Waals surface area contributed by atoms with E-state index in [9.17, 15) is 0 Å². The first kappa shape index (κ1) is 18.7. The normalized spacial score (nSPS) is 18.8. The third-order valence-electron chi connectivity index (χ3n) is 4.34. The molecule has 0 amide bonds. The van der Waals surface area contributed by atoms with Crippen LogP contribution in [0.25, 0.3) is 0 Å². The van der Waals surface area contributed by atoms with Crippen molar-refractivity contribution in [2.45, 2.75) is 52.2 Å². The minimum atomic E-state index is -0.207. The van der Waals surface area contributed by atoms with E-state index in [-0.39, 0.29) is 11.6 Å². The fraction of sp³-hybridized carbons (Fsp3) is 0.500. The van der Waals surface area contributed by atoms with Gasteiger partial charge in [0, 0.05) is 36.9 Å². The van der Waals surface area contributed by atoms with E-state index in [1.54, 1.807) is 11.3 Å². The summed E-state index contributed by atoms with van der Waals surface area (Å²) in [6.07, 6.45) is 1.75. The molecule has 0 fully saturated rings. The molecule has 0 saturated carbocycles. The largest absolute Gasteiger partial charge is 0.487 e. The number of hydrogen-bond acceptors (Lipinski definition) is 4. The highest BCUT2D eigenvalue weighted by Gasteiger charge is 2.33. The summed E-state index contributed by atoms with van der Waals surface area (Å²) in [6, 6.07) is 8.42. The van der Waals surface area contributed by atoms with E-state index in [0.29, 0.717) is 6.54 Å². The van der Waals surface area contributed by atoms with E-state index in [1.165, 1.54) is 5.56 Å². The zero-order valence-corrected chi connectivity index (χ0v) is 16.8. The van der Waals surface area contributed by atoms with Crippen LogP contribution in [0.4, 0.5) is 0 Å². The standard InChI is InChI=1S/C20H28N4OS/c1-5-21-19(22-11-10-15-13-26-14(2)23-15)24-17-12-20(3,4)25-18-9-7-6-8-16(17)18/h6-9,13,17H,5,10-12H2,1-4H3,(H2,21,22,24). The molecule has 3 rings (SSSR count). The maximum absolute atomic E-state index is 6.12. The second-order valence-electron chi connectivity index (χ2n) is 7.17. The lowest BCUT2D eigenvalue weighted by atomic mass is 9.90. The Labute approximate surface area is 159 Å². The monoisotopic (exact) mass is 372 g/mol. The lowest BCUT2D eigenvalue weighted by Gasteiger charge is -2.38. The number of rotatable bonds is 5. The van der Waals surface area contributed by atoms with Crippen LogP contribution in [-0.4, -0.2) is 29.6 Å². The topological polar surface area (TPSA) is 58.5 Å². The number of para-hydroxylation sites is 1. The average molecular weight is 373 g/mol. The average Bonchev–Trinajstić information content (AvgIpc) is 2.99. The number of ether oxygens (including phenoxy) is 1. The highest BCUT2D eigenvalue weighted by Crippen LogP contribution is 2.39. The van der Waals surface area contributed by atoms with Gasteiger partial charge in [0.15, 0.2) is 5.96 Å². The van der Waals surface area contributed by atoms with E-state index >= 15 is 0 Å². The molecular formula is C20H28N4OS. The Kier molecular flexibility index (Phi) is 5.81. The van der Waals surface area contributed by atoms with Crippen molar-refractivity contribution in [1.82, 2.24) is 15.6 Å². The van der Waals surface area contributed by atoms with Crippen LogP contribution in [0.15, 0.2) is 34.6 Å². The zero-order chi connectivity index (χ0) is 18.6. The maximum Gasteiger partial charge on any atom is 0.191 e. The number of fused-ring (bicyclic) bond motifs is 1. The van der Waals surface area contributed by atoms with Gasteiger partial charge in [-0.1, -0.05) is 18.2 Å². The molecule has 1 atom stereocenters. The smallest absolute Gasteiger partial charge is 0.191 e. The van der Waals surface area contributed by atoms with Crippen molar-refractivity contribution in [3.63, 3.8) is 0 Å². The summed E-state index contributed by atoms with van der Waals surface area (Å²) in [5.41, 5.74) is 2.10. The van der Waals surface area contributed by atoms with Crippen LogP contribution < -0.4 is 15.4 Å². The first-order chi connectivity index (χ1) is 12.5. The molecule has 6 heteroatoms. The van der Waals surface area contributed by atoms with Crippen LogP contribution in [0.3, 0.4) is 0 Å². The number of thiazole rings is 1. The van der Waals surface area contributed by atoms with Gasteiger partial charge in [0.25, 0.3) is 0 Å².